The van der Waals surface area contributed by atoms with Gasteiger partial charge in [-0.1, -0.05) is 0 Å². The Morgan fingerprint density at radius 1 is 1.44 bits per heavy atom. The summed E-state index contributed by atoms with van der Waals surface area (Å²) in [5, 5.41) is 6.74. The summed E-state index contributed by atoms with van der Waals surface area (Å²) in [7, 11) is 1.78. The second kappa shape index (κ2) is 4.85. The molecule has 0 aromatic carbocycles. The fourth-order valence-electron chi connectivity index (χ4n) is 1.40. The first-order valence-corrected chi connectivity index (χ1v) is 6.08. The highest BCUT2D eigenvalue weighted by atomic mass is 79.9. The predicted octanol–water partition coefficient (Wildman–Crippen LogP) is 1.84. The molecule has 0 aliphatic carbocycles. The third-order valence-corrected chi connectivity index (χ3v) is 3.45. The number of aromatic nitrogens is 4. The lowest BCUT2D eigenvalue weighted by molar-refractivity contribution is 0.102. The molecular formula is C11H12BrN5O. The van der Waals surface area contributed by atoms with E-state index in [2.05, 4.69) is 36.3 Å². The van der Waals surface area contributed by atoms with Crippen LogP contribution < -0.4 is 5.32 Å². The first-order valence-electron chi connectivity index (χ1n) is 5.29. The summed E-state index contributed by atoms with van der Waals surface area (Å²) in [6, 6.07) is 1.76. The van der Waals surface area contributed by atoms with Crippen LogP contribution in [0.1, 0.15) is 21.9 Å². The van der Waals surface area contributed by atoms with Crippen LogP contribution in [0.4, 0.5) is 5.95 Å². The number of rotatable bonds is 2. The molecule has 0 fully saturated rings. The summed E-state index contributed by atoms with van der Waals surface area (Å²) in [6.07, 6.45) is 1.59. The molecule has 0 aliphatic heterocycles. The fourth-order valence-corrected chi connectivity index (χ4v) is 1.91. The fraction of sp³-hybridized carbons (Fsp3) is 0.273. The molecule has 0 unspecified atom stereocenters. The van der Waals surface area contributed by atoms with Crippen LogP contribution in [0, 0.1) is 13.8 Å². The largest absolute Gasteiger partial charge is 0.289 e. The first-order chi connectivity index (χ1) is 8.49. The molecule has 0 spiro atoms. The van der Waals surface area contributed by atoms with Gasteiger partial charge in [0.15, 0.2) is 5.69 Å². The number of anilines is 1. The molecule has 0 saturated carbocycles. The maximum absolute atomic E-state index is 12.0. The lowest BCUT2D eigenvalue weighted by Gasteiger charge is -2.01. The molecule has 1 N–H and O–H groups in total. The van der Waals surface area contributed by atoms with E-state index in [9.17, 15) is 4.79 Å². The van der Waals surface area contributed by atoms with Gasteiger partial charge in [0.25, 0.3) is 5.91 Å². The Bertz CT molecular complexity index is 607. The Balaban J connectivity index is 2.25. The van der Waals surface area contributed by atoms with Crippen LogP contribution in [0.3, 0.4) is 0 Å². The molecule has 94 valence electrons. The van der Waals surface area contributed by atoms with Crippen molar-refractivity contribution in [3.05, 3.63) is 33.8 Å². The van der Waals surface area contributed by atoms with E-state index in [0.29, 0.717) is 10.2 Å². The van der Waals surface area contributed by atoms with Crippen LogP contribution in [0.2, 0.25) is 0 Å². The van der Waals surface area contributed by atoms with Gasteiger partial charge in [0.2, 0.25) is 5.95 Å². The second-order valence-corrected chi connectivity index (χ2v) is 4.64. The number of amides is 1. The van der Waals surface area contributed by atoms with Gasteiger partial charge in [-0.3, -0.25) is 14.8 Å². The van der Waals surface area contributed by atoms with E-state index in [-0.39, 0.29) is 11.9 Å². The molecule has 0 radical (unpaired) electrons. The van der Waals surface area contributed by atoms with Crippen molar-refractivity contribution in [1.29, 1.82) is 0 Å². The van der Waals surface area contributed by atoms with E-state index < -0.39 is 0 Å². The quantitative estimate of drug-likeness (QED) is 0.918. The summed E-state index contributed by atoms with van der Waals surface area (Å²) in [4.78, 5) is 20.1. The Morgan fingerprint density at radius 3 is 2.72 bits per heavy atom. The SMILES string of the molecule is Cc1ccnc(NC(=O)c2nn(C)c(C)c2Br)n1. The van der Waals surface area contributed by atoms with Gasteiger partial charge in [-0.2, -0.15) is 5.10 Å². The standard InChI is InChI=1S/C11H12BrN5O/c1-6-4-5-13-11(14-6)15-10(18)9-8(12)7(2)17(3)16-9/h4-5H,1-3H3,(H,13,14,15,18). The van der Waals surface area contributed by atoms with Crippen molar-refractivity contribution in [1.82, 2.24) is 19.7 Å². The van der Waals surface area contributed by atoms with Crippen molar-refractivity contribution in [3.63, 3.8) is 0 Å². The molecule has 2 heterocycles. The van der Waals surface area contributed by atoms with E-state index in [1.165, 1.54) is 0 Å². The Labute approximate surface area is 113 Å². The van der Waals surface area contributed by atoms with Gasteiger partial charge in [-0.05, 0) is 35.8 Å². The minimum Gasteiger partial charge on any atom is -0.289 e. The van der Waals surface area contributed by atoms with Crippen LogP contribution >= 0.6 is 15.9 Å². The highest BCUT2D eigenvalue weighted by molar-refractivity contribution is 9.10. The van der Waals surface area contributed by atoms with E-state index in [1.54, 1.807) is 24.0 Å². The minimum absolute atomic E-state index is 0.273. The van der Waals surface area contributed by atoms with Gasteiger partial charge in [0.05, 0.1) is 10.2 Å². The summed E-state index contributed by atoms with van der Waals surface area (Å²) >= 11 is 3.34. The maximum Gasteiger partial charge on any atom is 0.279 e. The molecular weight excluding hydrogens is 298 g/mol. The number of hydrogen-bond acceptors (Lipinski definition) is 4. The average molecular weight is 310 g/mol. The van der Waals surface area contributed by atoms with E-state index in [0.717, 1.165) is 11.4 Å². The third kappa shape index (κ3) is 2.40. The Kier molecular flexibility index (Phi) is 3.42. The normalized spacial score (nSPS) is 10.4. The number of halogens is 1. The smallest absolute Gasteiger partial charge is 0.279 e. The Morgan fingerprint density at radius 2 is 2.17 bits per heavy atom. The summed E-state index contributed by atoms with van der Waals surface area (Å²) in [5.74, 6) is -0.0635. The van der Waals surface area contributed by atoms with Gasteiger partial charge in [0.1, 0.15) is 0 Å². The van der Waals surface area contributed by atoms with Crippen LogP contribution in [0.15, 0.2) is 16.7 Å². The molecule has 1 amide bonds. The number of nitrogens with zero attached hydrogens (tertiary/aromatic N) is 4. The summed E-state index contributed by atoms with van der Waals surface area (Å²) in [6.45, 7) is 3.70. The molecule has 18 heavy (non-hydrogen) atoms. The Hall–Kier alpha value is -1.76. The molecule has 0 aliphatic rings. The molecule has 2 rings (SSSR count). The second-order valence-electron chi connectivity index (χ2n) is 3.85. The van der Waals surface area contributed by atoms with Crippen LogP contribution in [-0.4, -0.2) is 25.7 Å². The van der Waals surface area contributed by atoms with Crippen molar-refractivity contribution in [2.45, 2.75) is 13.8 Å². The van der Waals surface area contributed by atoms with Crippen LogP contribution in [-0.2, 0) is 7.05 Å². The van der Waals surface area contributed by atoms with E-state index in [4.69, 9.17) is 0 Å². The van der Waals surface area contributed by atoms with Gasteiger partial charge >= 0.3 is 0 Å². The molecule has 0 atom stereocenters. The predicted molar refractivity (Wildman–Crippen MR) is 70.4 cm³/mol. The zero-order valence-electron chi connectivity index (χ0n) is 10.2. The number of carbonyl (C=O) groups excluding carboxylic acids is 1. The molecule has 6 nitrogen and oxygen atoms in total. The topological polar surface area (TPSA) is 72.7 Å². The van der Waals surface area contributed by atoms with Crippen molar-refractivity contribution in [2.24, 2.45) is 7.05 Å². The van der Waals surface area contributed by atoms with Gasteiger partial charge in [-0.25, -0.2) is 9.97 Å². The molecule has 2 aromatic heterocycles. The van der Waals surface area contributed by atoms with Crippen LogP contribution in [0.5, 0.6) is 0 Å². The molecule has 0 bridgehead atoms. The zero-order valence-corrected chi connectivity index (χ0v) is 11.8. The van der Waals surface area contributed by atoms with Crippen LogP contribution in [0.25, 0.3) is 0 Å². The van der Waals surface area contributed by atoms with Gasteiger partial charge in [-0.15, -0.1) is 0 Å². The third-order valence-electron chi connectivity index (χ3n) is 2.50. The lowest BCUT2D eigenvalue weighted by Crippen LogP contribution is -2.15. The zero-order chi connectivity index (χ0) is 13.3. The highest BCUT2D eigenvalue weighted by Gasteiger charge is 2.18. The summed E-state index contributed by atoms with van der Waals surface area (Å²) in [5.41, 5.74) is 1.99. The highest BCUT2D eigenvalue weighted by Crippen LogP contribution is 2.20. The summed E-state index contributed by atoms with van der Waals surface area (Å²) < 4.78 is 2.31. The maximum atomic E-state index is 12.0. The van der Waals surface area contributed by atoms with E-state index >= 15 is 0 Å². The monoisotopic (exact) mass is 309 g/mol. The number of aryl methyl sites for hydroxylation is 2. The number of carbonyl (C=O) groups is 1. The van der Waals surface area contributed by atoms with Gasteiger partial charge < -0.3 is 0 Å². The lowest BCUT2D eigenvalue weighted by atomic mass is 10.3. The minimum atomic E-state index is -0.337. The molecule has 7 heteroatoms. The van der Waals surface area contributed by atoms with Crippen molar-refractivity contribution < 1.29 is 4.79 Å². The molecule has 2 aromatic rings. The van der Waals surface area contributed by atoms with Crippen molar-refractivity contribution in [2.75, 3.05) is 5.32 Å². The van der Waals surface area contributed by atoms with Crippen molar-refractivity contribution >= 4 is 27.8 Å². The first kappa shape index (κ1) is 12.7. The number of nitrogens with one attached hydrogen (secondary N) is 1. The average Bonchev–Trinajstić information content (AvgIpc) is 2.57. The van der Waals surface area contributed by atoms with Crippen molar-refractivity contribution in [3.8, 4) is 0 Å². The van der Waals surface area contributed by atoms with Gasteiger partial charge in [0, 0.05) is 18.9 Å². The molecule has 0 saturated heterocycles. The van der Waals surface area contributed by atoms with E-state index in [1.807, 2.05) is 13.8 Å². The number of hydrogen-bond donors (Lipinski definition) is 1.